The molecule has 0 saturated heterocycles. The molecule has 0 unspecified atom stereocenters. The molecule has 1 heterocycles. The standard InChI is InChI=1S/C12H15NO4/c1-8(2)7-9(12(14)15)13-16-10-5-3-4-6-11(10)17-13/h3-6,8-9H,7H2,1-2H3,(H,14,15)/t9-/m0/s1. The van der Waals surface area contributed by atoms with E-state index in [0.29, 0.717) is 17.9 Å². The molecule has 1 atom stereocenters. The van der Waals surface area contributed by atoms with Crippen molar-refractivity contribution in [3.8, 4) is 11.5 Å². The van der Waals surface area contributed by atoms with Crippen molar-refractivity contribution in [3.63, 3.8) is 0 Å². The fourth-order valence-electron chi connectivity index (χ4n) is 1.66. The number of hydrogen-bond donors (Lipinski definition) is 1. The predicted octanol–water partition coefficient (Wildman–Crippen LogP) is 2.09. The van der Waals surface area contributed by atoms with E-state index >= 15 is 0 Å². The number of carboxylic acids is 1. The normalized spacial score (nSPS) is 16.2. The predicted molar refractivity (Wildman–Crippen MR) is 60.4 cm³/mol. The van der Waals surface area contributed by atoms with Crippen LogP contribution >= 0.6 is 0 Å². The van der Waals surface area contributed by atoms with Crippen molar-refractivity contribution in [1.29, 1.82) is 0 Å². The van der Waals surface area contributed by atoms with Crippen LogP contribution in [0, 0.1) is 5.92 Å². The van der Waals surface area contributed by atoms with Gasteiger partial charge in [0.15, 0.2) is 17.5 Å². The van der Waals surface area contributed by atoms with Crippen LogP contribution in [0.4, 0.5) is 0 Å². The lowest BCUT2D eigenvalue weighted by atomic mass is 10.0. The fraction of sp³-hybridized carbons (Fsp3) is 0.417. The Morgan fingerprint density at radius 3 is 2.24 bits per heavy atom. The van der Waals surface area contributed by atoms with Gasteiger partial charge >= 0.3 is 5.97 Å². The van der Waals surface area contributed by atoms with E-state index in [2.05, 4.69) is 0 Å². The quantitative estimate of drug-likeness (QED) is 0.868. The molecule has 0 bridgehead atoms. The Hall–Kier alpha value is -1.75. The van der Waals surface area contributed by atoms with Gasteiger partial charge in [-0.2, -0.15) is 0 Å². The number of carboxylic acid groups (broad SMARTS) is 1. The second kappa shape index (κ2) is 4.63. The topological polar surface area (TPSA) is 59.0 Å². The van der Waals surface area contributed by atoms with Gasteiger partial charge in [0.2, 0.25) is 0 Å². The van der Waals surface area contributed by atoms with Crippen molar-refractivity contribution in [3.05, 3.63) is 24.3 Å². The van der Waals surface area contributed by atoms with Gasteiger partial charge in [-0.05, 0) is 24.5 Å². The summed E-state index contributed by atoms with van der Waals surface area (Å²) in [6.07, 6.45) is 0.462. The Balaban J connectivity index is 2.11. The first-order valence-corrected chi connectivity index (χ1v) is 5.55. The Morgan fingerprint density at radius 1 is 1.29 bits per heavy atom. The summed E-state index contributed by atoms with van der Waals surface area (Å²) in [7, 11) is 0. The Morgan fingerprint density at radius 2 is 1.82 bits per heavy atom. The molecule has 1 aliphatic rings. The molecule has 0 saturated carbocycles. The Bertz CT molecular complexity index is 394. The van der Waals surface area contributed by atoms with Gasteiger partial charge in [0, 0.05) is 5.23 Å². The number of rotatable bonds is 4. The molecule has 0 aliphatic carbocycles. The van der Waals surface area contributed by atoms with Crippen LogP contribution in [0.5, 0.6) is 11.5 Å². The van der Waals surface area contributed by atoms with Crippen LogP contribution in [0.2, 0.25) is 0 Å². The summed E-state index contributed by atoms with van der Waals surface area (Å²) < 4.78 is 0. The van der Waals surface area contributed by atoms with E-state index in [1.165, 1.54) is 0 Å². The van der Waals surface area contributed by atoms with E-state index < -0.39 is 12.0 Å². The highest BCUT2D eigenvalue weighted by molar-refractivity contribution is 5.73. The molecule has 5 nitrogen and oxygen atoms in total. The SMILES string of the molecule is CC(C)C[C@@H](C(=O)O)N1Oc2ccccc2O1. The molecule has 1 aromatic carbocycles. The summed E-state index contributed by atoms with van der Waals surface area (Å²) in [6, 6.07) is 6.29. The van der Waals surface area contributed by atoms with Crippen molar-refractivity contribution >= 4 is 5.97 Å². The maximum Gasteiger partial charge on any atom is 0.328 e. The molecule has 2 rings (SSSR count). The van der Waals surface area contributed by atoms with E-state index in [0.717, 1.165) is 5.23 Å². The number of fused-ring (bicyclic) bond motifs is 1. The molecule has 1 aromatic rings. The summed E-state index contributed by atoms with van der Waals surface area (Å²) in [5.74, 6) is 0.378. The van der Waals surface area contributed by atoms with Crippen LogP contribution in [-0.4, -0.2) is 22.3 Å². The lowest BCUT2D eigenvalue weighted by Crippen LogP contribution is -2.43. The third-order valence-corrected chi connectivity index (χ3v) is 2.46. The summed E-state index contributed by atoms with van der Waals surface area (Å²) >= 11 is 0. The Labute approximate surface area is 99.5 Å². The number of para-hydroxylation sites is 2. The summed E-state index contributed by atoms with van der Waals surface area (Å²) in [5.41, 5.74) is 0. The van der Waals surface area contributed by atoms with Gasteiger partial charge in [0.1, 0.15) is 0 Å². The van der Waals surface area contributed by atoms with Gasteiger partial charge in [-0.25, -0.2) is 0 Å². The van der Waals surface area contributed by atoms with E-state index in [1.807, 2.05) is 26.0 Å². The second-order valence-corrected chi connectivity index (χ2v) is 4.40. The third-order valence-electron chi connectivity index (χ3n) is 2.46. The number of aliphatic carboxylic acids is 1. The average Bonchev–Trinajstić information content (AvgIpc) is 2.68. The van der Waals surface area contributed by atoms with Gasteiger partial charge in [0.05, 0.1) is 0 Å². The van der Waals surface area contributed by atoms with E-state index in [4.69, 9.17) is 14.8 Å². The molecular weight excluding hydrogens is 222 g/mol. The Kier molecular flexibility index (Phi) is 3.19. The number of carbonyl (C=O) groups is 1. The smallest absolute Gasteiger partial charge is 0.328 e. The van der Waals surface area contributed by atoms with E-state index in [1.54, 1.807) is 12.1 Å². The minimum absolute atomic E-state index is 0.243. The lowest BCUT2D eigenvalue weighted by Gasteiger charge is -2.21. The summed E-state index contributed by atoms with van der Waals surface area (Å²) in [6.45, 7) is 3.91. The zero-order chi connectivity index (χ0) is 12.4. The maximum absolute atomic E-state index is 11.2. The summed E-state index contributed by atoms with van der Waals surface area (Å²) in [4.78, 5) is 21.9. The minimum Gasteiger partial charge on any atom is -0.480 e. The lowest BCUT2D eigenvalue weighted by molar-refractivity contribution is -0.257. The summed E-state index contributed by atoms with van der Waals surface area (Å²) in [5, 5.41) is 10.2. The molecule has 0 radical (unpaired) electrons. The highest BCUT2D eigenvalue weighted by atomic mass is 17.0. The average molecular weight is 237 g/mol. The van der Waals surface area contributed by atoms with Crippen molar-refractivity contribution in [1.82, 2.24) is 5.23 Å². The number of hydroxylamine groups is 2. The maximum atomic E-state index is 11.2. The molecule has 92 valence electrons. The van der Waals surface area contributed by atoms with Gasteiger partial charge in [-0.15, -0.1) is 0 Å². The van der Waals surface area contributed by atoms with Gasteiger partial charge in [0.25, 0.3) is 0 Å². The molecular formula is C12H15NO4. The van der Waals surface area contributed by atoms with Gasteiger partial charge in [-0.3, -0.25) is 4.79 Å². The molecule has 1 N–H and O–H groups in total. The highest BCUT2D eigenvalue weighted by Gasteiger charge is 2.35. The highest BCUT2D eigenvalue weighted by Crippen LogP contribution is 2.34. The zero-order valence-corrected chi connectivity index (χ0v) is 9.79. The van der Waals surface area contributed by atoms with Crippen molar-refractivity contribution in [2.24, 2.45) is 5.92 Å². The van der Waals surface area contributed by atoms with Crippen LogP contribution in [-0.2, 0) is 4.79 Å². The molecule has 1 aliphatic heterocycles. The molecule has 0 spiro atoms. The monoisotopic (exact) mass is 237 g/mol. The van der Waals surface area contributed by atoms with Gasteiger partial charge < -0.3 is 14.8 Å². The zero-order valence-electron chi connectivity index (χ0n) is 9.79. The van der Waals surface area contributed by atoms with Crippen molar-refractivity contribution < 1.29 is 19.6 Å². The van der Waals surface area contributed by atoms with Gasteiger partial charge in [-0.1, -0.05) is 26.0 Å². The molecule has 0 aromatic heterocycles. The first-order chi connectivity index (χ1) is 8.08. The van der Waals surface area contributed by atoms with Crippen molar-refractivity contribution in [2.75, 3.05) is 0 Å². The van der Waals surface area contributed by atoms with E-state index in [9.17, 15) is 4.79 Å². The number of hydrogen-bond acceptors (Lipinski definition) is 4. The van der Waals surface area contributed by atoms with E-state index in [-0.39, 0.29) is 5.92 Å². The largest absolute Gasteiger partial charge is 0.480 e. The van der Waals surface area contributed by atoms with Crippen LogP contribution in [0.3, 0.4) is 0 Å². The van der Waals surface area contributed by atoms with Crippen LogP contribution in [0.15, 0.2) is 24.3 Å². The third kappa shape index (κ3) is 2.50. The minimum atomic E-state index is -0.952. The first kappa shape index (κ1) is 11.7. The number of nitrogens with zero attached hydrogens (tertiary/aromatic N) is 1. The van der Waals surface area contributed by atoms with Crippen molar-refractivity contribution in [2.45, 2.75) is 26.3 Å². The fourth-order valence-corrected chi connectivity index (χ4v) is 1.66. The first-order valence-electron chi connectivity index (χ1n) is 5.55. The second-order valence-electron chi connectivity index (χ2n) is 4.40. The number of benzene rings is 1. The van der Waals surface area contributed by atoms with Crippen LogP contribution < -0.4 is 9.68 Å². The molecule has 0 amide bonds. The molecule has 17 heavy (non-hydrogen) atoms. The van der Waals surface area contributed by atoms with Crippen LogP contribution in [0.25, 0.3) is 0 Å². The molecule has 0 fully saturated rings. The van der Waals surface area contributed by atoms with Crippen LogP contribution in [0.1, 0.15) is 20.3 Å². The molecule has 5 heteroatoms.